The number of carbonyl (C=O) groups is 6. The average molecular weight is 405 g/mol. The standard InChI is InChI=1S/C18H19N3O8/c1-19-13(23)6-5-10(7-22)21-17(27)11-3-2-4-12(16(11)18(21)28)20-14(24)8-29-9-15(25)26/h2-4,7,10H,5-6,8-9H2,1H3,(H,19,23)(H,20,24)(H,25,26). The minimum atomic E-state index is -1.24. The molecule has 1 aromatic rings. The van der Waals surface area contributed by atoms with Crippen LogP contribution in [0.2, 0.25) is 0 Å². The van der Waals surface area contributed by atoms with Crippen LogP contribution >= 0.6 is 0 Å². The van der Waals surface area contributed by atoms with Gasteiger partial charge in [-0.2, -0.15) is 0 Å². The first-order chi connectivity index (χ1) is 13.8. The van der Waals surface area contributed by atoms with Gasteiger partial charge in [-0.25, -0.2) is 4.79 Å². The van der Waals surface area contributed by atoms with Crippen molar-refractivity contribution in [3.63, 3.8) is 0 Å². The van der Waals surface area contributed by atoms with E-state index in [0.29, 0.717) is 6.29 Å². The van der Waals surface area contributed by atoms with Crippen molar-refractivity contribution in [3.8, 4) is 0 Å². The molecule has 1 aliphatic rings. The van der Waals surface area contributed by atoms with Crippen LogP contribution in [0, 0.1) is 0 Å². The SMILES string of the molecule is CNC(=O)CCC(C=O)N1C(=O)c2cccc(NC(=O)COCC(=O)O)c2C1=O. The van der Waals surface area contributed by atoms with Crippen molar-refractivity contribution in [3.05, 3.63) is 29.3 Å². The molecule has 0 saturated heterocycles. The molecule has 1 aliphatic heterocycles. The quantitative estimate of drug-likeness (QED) is 0.344. The predicted molar refractivity (Wildman–Crippen MR) is 97.2 cm³/mol. The van der Waals surface area contributed by atoms with Gasteiger partial charge in [0, 0.05) is 13.5 Å². The van der Waals surface area contributed by atoms with Crippen molar-refractivity contribution < 1.29 is 38.6 Å². The first-order valence-corrected chi connectivity index (χ1v) is 8.56. The second-order valence-electron chi connectivity index (χ2n) is 6.06. The molecule has 1 unspecified atom stereocenters. The number of benzene rings is 1. The van der Waals surface area contributed by atoms with E-state index >= 15 is 0 Å². The van der Waals surface area contributed by atoms with Crippen molar-refractivity contribution in [2.45, 2.75) is 18.9 Å². The highest BCUT2D eigenvalue weighted by atomic mass is 16.5. The first-order valence-electron chi connectivity index (χ1n) is 8.56. The van der Waals surface area contributed by atoms with Gasteiger partial charge in [-0.05, 0) is 18.6 Å². The highest BCUT2D eigenvalue weighted by molar-refractivity contribution is 6.25. The zero-order valence-corrected chi connectivity index (χ0v) is 15.5. The molecule has 29 heavy (non-hydrogen) atoms. The summed E-state index contributed by atoms with van der Waals surface area (Å²) in [5, 5.41) is 13.3. The van der Waals surface area contributed by atoms with Crippen LogP contribution in [-0.4, -0.2) is 72.2 Å². The minimum absolute atomic E-state index is 0.00560. The van der Waals surface area contributed by atoms with Crippen LogP contribution in [0.1, 0.15) is 33.6 Å². The Morgan fingerprint density at radius 2 is 1.90 bits per heavy atom. The van der Waals surface area contributed by atoms with Gasteiger partial charge in [0.2, 0.25) is 11.8 Å². The van der Waals surface area contributed by atoms with E-state index in [2.05, 4.69) is 15.4 Å². The lowest BCUT2D eigenvalue weighted by Gasteiger charge is -2.21. The smallest absolute Gasteiger partial charge is 0.329 e. The molecule has 1 atom stereocenters. The molecule has 1 aromatic carbocycles. The predicted octanol–water partition coefficient (Wildman–Crippen LogP) is -0.584. The van der Waals surface area contributed by atoms with Crippen LogP contribution < -0.4 is 10.6 Å². The number of hydrogen-bond acceptors (Lipinski definition) is 7. The van der Waals surface area contributed by atoms with E-state index < -0.39 is 42.9 Å². The van der Waals surface area contributed by atoms with Gasteiger partial charge in [-0.3, -0.25) is 24.1 Å². The maximum absolute atomic E-state index is 12.8. The number of carbonyl (C=O) groups excluding carboxylic acids is 5. The Morgan fingerprint density at radius 3 is 2.52 bits per heavy atom. The maximum Gasteiger partial charge on any atom is 0.329 e. The monoisotopic (exact) mass is 405 g/mol. The second-order valence-corrected chi connectivity index (χ2v) is 6.06. The minimum Gasteiger partial charge on any atom is -0.480 e. The summed E-state index contributed by atoms with van der Waals surface area (Å²) in [5.41, 5.74) is -0.0508. The maximum atomic E-state index is 12.8. The summed E-state index contributed by atoms with van der Waals surface area (Å²) in [4.78, 5) is 71.4. The fraction of sp³-hybridized carbons (Fsp3) is 0.333. The number of fused-ring (bicyclic) bond motifs is 1. The number of carboxylic acid groups (broad SMARTS) is 1. The number of imide groups is 1. The molecule has 3 N–H and O–H groups in total. The van der Waals surface area contributed by atoms with E-state index in [1.54, 1.807) is 0 Å². The normalized spacial score (nSPS) is 13.6. The van der Waals surface area contributed by atoms with Gasteiger partial charge in [-0.1, -0.05) is 6.07 Å². The summed E-state index contributed by atoms with van der Waals surface area (Å²) in [5.74, 6) is -3.79. The zero-order chi connectivity index (χ0) is 21.6. The molecule has 0 fully saturated rings. The molecule has 2 rings (SSSR count). The molecule has 11 nitrogen and oxygen atoms in total. The van der Waals surface area contributed by atoms with Gasteiger partial charge in [0.25, 0.3) is 11.8 Å². The summed E-state index contributed by atoms with van der Waals surface area (Å²) < 4.78 is 4.68. The number of hydrogen-bond donors (Lipinski definition) is 3. The third-order valence-corrected chi connectivity index (χ3v) is 4.11. The zero-order valence-electron chi connectivity index (χ0n) is 15.5. The Labute approximate surface area is 165 Å². The summed E-state index contributed by atoms with van der Waals surface area (Å²) in [6.45, 7) is -1.23. The Morgan fingerprint density at radius 1 is 1.17 bits per heavy atom. The highest BCUT2D eigenvalue weighted by Gasteiger charge is 2.41. The molecule has 4 amide bonds. The number of nitrogens with one attached hydrogen (secondary N) is 2. The number of nitrogens with zero attached hydrogens (tertiary/aromatic N) is 1. The molecule has 0 radical (unpaired) electrons. The lowest BCUT2D eigenvalue weighted by molar-refractivity contribution is -0.143. The van der Waals surface area contributed by atoms with Crippen molar-refractivity contribution in [2.24, 2.45) is 0 Å². The Hall–Kier alpha value is -3.60. The molecule has 0 saturated carbocycles. The number of rotatable bonds is 10. The number of ether oxygens (including phenoxy) is 1. The lowest BCUT2D eigenvalue weighted by atomic mass is 10.1. The molecule has 11 heteroatoms. The van der Waals surface area contributed by atoms with Gasteiger partial charge in [0.1, 0.15) is 19.5 Å². The summed E-state index contributed by atoms with van der Waals surface area (Å²) in [7, 11) is 1.43. The average Bonchev–Trinajstić information content (AvgIpc) is 2.94. The van der Waals surface area contributed by atoms with E-state index in [9.17, 15) is 28.8 Å². The Bertz CT molecular complexity index is 867. The van der Waals surface area contributed by atoms with E-state index in [1.807, 2.05) is 0 Å². The van der Waals surface area contributed by atoms with Crippen LogP contribution in [0.15, 0.2) is 18.2 Å². The molecule has 0 aromatic heterocycles. The number of aliphatic carboxylic acids is 1. The fourth-order valence-corrected chi connectivity index (χ4v) is 2.79. The fourth-order valence-electron chi connectivity index (χ4n) is 2.79. The highest BCUT2D eigenvalue weighted by Crippen LogP contribution is 2.31. The Kier molecular flexibility index (Phi) is 7.15. The van der Waals surface area contributed by atoms with Crippen molar-refractivity contribution >= 4 is 41.6 Å². The van der Waals surface area contributed by atoms with Crippen LogP contribution in [0.4, 0.5) is 5.69 Å². The van der Waals surface area contributed by atoms with Crippen molar-refractivity contribution in [2.75, 3.05) is 25.6 Å². The largest absolute Gasteiger partial charge is 0.480 e. The number of carboxylic acids is 1. The second kappa shape index (κ2) is 9.55. The van der Waals surface area contributed by atoms with Crippen molar-refractivity contribution in [1.29, 1.82) is 0 Å². The van der Waals surface area contributed by atoms with Gasteiger partial charge < -0.3 is 25.3 Å². The van der Waals surface area contributed by atoms with Crippen molar-refractivity contribution in [1.82, 2.24) is 10.2 Å². The number of anilines is 1. The molecular formula is C18H19N3O8. The first kappa shape index (κ1) is 21.7. The number of amides is 4. The van der Waals surface area contributed by atoms with Gasteiger partial charge >= 0.3 is 5.97 Å². The van der Waals surface area contributed by atoms with E-state index in [0.717, 1.165) is 4.90 Å². The topological polar surface area (TPSA) is 159 Å². The van der Waals surface area contributed by atoms with E-state index in [4.69, 9.17) is 5.11 Å². The van der Waals surface area contributed by atoms with Crippen LogP contribution in [0.25, 0.3) is 0 Å². The molecule has 154 valence electrons. The van der Waals surface area contributed by atoms with Crippen LogP contribution in [0.3, 0.4) is 0 Å². The van der Waals surface area contributed by atoms with Crippen LogP contribution in [0.5, 0.6) is 0 Å². The van der Waals surface area contributed by atoms with Gasteiger partial charge in [0.15, 0.2) is 0 Å². The molecule has 0 aliphatic carbocycles. The molecule has 1 heterocycles. The summed E-state index contributed by atoms with van der Waals surface area (Å²) >= 11 is 0. The van der Waals surface area contributed by atoms with E-state index in [-0.39, 0.29) is 35.6 Å². The van der Waals surface area contributed by atoms with Gasteiger partial charge in [0.05, 0.1) is 22.9 Å². The molecular weight excluding hydrogens is 386 g/mol. The third kappa shape index (κ3) is 5.02. The molecule has 0 bridgehead atoms. The number of aldehydes is 1. The summed E-state index contributed by atoms with van der Waals surface area (Å²) in [6, 6.07) is 3.08. The summed E-state index contributed by atoms with van der Waals surface area (Å²) in [6.07, 6.45) is 0.319. The van der Waals surface area contributed by atoms with E-state index in [1.165, 1.54) is 25.2 Å². The molecule has 0 spiro atoms. The Balaban J connectivity index is 2.19. The van der Waals surface area contributed by atoms with Gasteiger partial charge in [-0.15, -0.1) is 0 Å². The third-order valence-electron chi connectivity index (χ3n) is 4.11. The van der Waals surface area contributed by atoms with Crippen LogP contribution in [-0.2, 0) is 23.9 Å². The lowest BCUT2D eigenvalue weighted by Crippen LogP contribution is -2.41.